The van der Waals surface area contributed by atoms with Crippen molar-refractivity contribution in [3.63, 3.8) is 0 Å². The maximum Gasteiger partial charge on any atom is 0.326 e. The Bertz CT molecular complexity index is 1710. The van der Waals surface area contributed by atoms with Gasteiger partial charge in [0.2, 0.25) is 17.7 Å². The normalized spacial score (nSPS) is 16.6. The third-order valence-electron chi connectivity index (χ3n) is 8.10. The predicted molar refractivity (Wildman–Crippen MR) is 165 cm³/mol. The van der Waals surface area contributed by atoms with Crippen molar-refractivity contribution in [2.45, 2.75) is 62.7 Å². The van der Waals surface area contributed by atoms with E-state index in [0.717, 1.165) is 33.8 Å². The van der Waals surface area contributed by atoms with E-state index in [1.165, 1.54) is 0 Å². The average molecular weight is 617 g/mol. The zero-order valence-electron chi connectivity index (χ0n) is 24.5. The molecule has 8 N–H and O–H groups in total. The number of fused-ring (bicyclic) bond motifs is 2. The molecule has 2 aromatic heterocycles. The van der Waals surface area contributed by atoms with Gasteiger partial charge in [-0.1, -0.05) is 36.4 Å². The highest BCUT2D eigenvalue weighted by atomic mass is 16.4. The number of H-pyrrole nitrogens is 2. The molecule has 0 radical (unpaired) electrons. The lowest BCUT2D eigenvalue weighted by atomic mass is 10.0. The van der Waals surface area contributed by atoms with E-state index >= 15 is 0 Å². The third-order valence-corrected chi connectivity index (χ3v) is 8.10. The van der Waals surface area contributed by atoms with E-state index in [1.54, 1.807) is 12.4 Å². The van der Waals surface area contributed by atoms with Crippen molar-refractivity contribution < 1.29 is 34.2 Å². The molecule has 0 spiro atoms. The van der Waals surface area contributed by atoms with Crippen LogP contribution in [0.3, 0.4) is 0 Å². The molecule has 0 aliphatic carbocycles. The Hall–Kier alpha value is -5.17. The molecule has 0 saturated carbocycles. The Kier molecular flexibility index (Phi) is 9.78. The van der Waals surface area contributed by atoms with Crippen molar-refractivity contribution in [2.75, 3.05) is 6.54 Å². The van der Waals surface area contributed by atoms with Crippen LogP contribution in [0.4, 0.5) is 0 Å². The number of carboxylic acid groups (broad SMARTS) is 2. The standard InChI is InChI=1S/C32H36N6O7/c39-28(40)12-11-25(30(42)38-27(32(44)45)15-19-17-35-23-9-4-2-7-21(19)23)36-31(43)26(37-29(41)24-10-5-13-33-24)14-18-16-34-22-8-3-1-6-20(18)22/h1-4,6-9,16-17,24-27,33-35H,5,10-15H2,(H,36,43)(H,37,41)(H,38,42)(H,39,40)(H,44,45). The lowest BCUT2D eigenvalue weighted by Gasteiger charge is -2.25. The van der Waals surface area contributed by atoms with Crippen molar-refractivity contribution in [3.05, 3.63) is 72.1 Å². The molecule has 4 unspecified atom stereocenters. The van der Waals surface area contributed by atoms with E-state index in [1.807, 2.05) is 48.5 Å². The molecule has 3 heterocycles. The summed E-state index contributed by atoms with van der Waals surface area (Å²) in [6, 6.07) is 10.6. The van der Waals surface area contributed by atoms with Crippen molar-refractivity contribution in [1.29, 1.82) is 0 Å². The maximum atomic E-state index is 13.7. The lowest BCUT2D eigenvalue weighted by molar-refractivity contribution is -0.143. The average Bonchev–Trinajstić information content (AvgIpc) is 3.79. The van der Waals surface area contributed by atoms with Crippen molar-refractivity contribution in [1.82, 2.24) is 31.2 Å². The summed E-state index contributed by atoms with van der Waals surface area (Å²) in [5.74, 6) is -4.37. The van der Waals surface area contributed by atoms with Gasteiger partial charge < -0.3 is 41.4 Å². The predicted octanol–water partition coefficient (Wildman–Crippen LogP) is 1.59. The smallest absolute Gasteiger partial charge is 0.326 e. The largest absolute Gasteiger partial charge is 0.481 e. The molecule has 2 aromatic carbocycles. The number of aliphatic carboxylic acids is 2. The fourth-order valence-electron chi connectivity index (χ4n) is 5.71. The zero-order valence-corrected chi connectivity index (χ0v) is 24.5. The zero-order chi connectivity index (χ0) is 31.9. The third kappa shape index (κ3) is 7.68. The molecule has 1 saturated heterocycles. The molecular weight excluding hydrogens is 580 g/mol. The lowest BCUT2D eigenvalue weighted by Crippen LogP contribution is -2.57. The summed E-state index contributed by atoms with van der Waals surface area (Å²) in [7, 11) is 0. The Morgan fingerprint density at radius 2 is 1.31 bits per heavy atom. The maximum absolute atomic E-state index is 13.7. The van der Waals surface area contributed by atoms with Gasteiger partial charge in [-0.2, -0.15) is 0 Å². The summed E-state index contributed by atoms with van der Waals surface area (Å²) in [5.41, 5.74) is 3.10. The highest BCUT2D eigenvalue weighted by Crippen LogP contribution is 2.21. The van der Waals surface area contributed by atoms with Crippen LogP contribution in [0.2, 0.25) is 0 Å². The molecule has 45 heavy (non-hydrogen) atoms. The summed E-state index contributed by atoms with van der Waals surface area (Å²) >= 11 is 0. The number of nitrogens with one attached hydrogen (secondary N) is 6. The molecule has 13 nitrogen and oxygen atoms in total. The highest BCUT2D eigenvalue weighted by molar-refractivity contribution is 5.95. The number of aromatic amines is 2. The molecule has 1 fully saturated rings. The Morgan fingerprint density at radius 1 is 0.756 bits per heavy atom. The monoisotopic (exact) mass is 616 g/mol. The van der Waals surface area contributed by atoms with Gasteiger partial charge in [0.15, 0.2) is 0 Å². The van der Waals surface area contributed by atoms with Gasteiger partial charge in [0.25, 0.3) is 0 Å². The molecule has 1 aliphatic rings. The first-order valence-corrected chi connectivity index (χ1v) is 14.9. The fourth-order valence-corrected chi connectivity index (χ4v) is 5.71. The number of carbonyl (C=O) groups is 5. The van der Waals surface area contributed by atoms with Crippen LogP contribution in [-0.4, -0.2) is 80.6 Å². The topological polar surface area (TPSA) is 206 Å². The van der Waals surface area contributed by atoms with Crippen LogP contribution in [0.1, 0.15) is 36.8 Å². The summed E-state index contributed by atoms with van der Waals surface area (Å²) in [6.07, 6.45) is 4.17. The number of aromatic nitrogens is 2. The van der Waals surface area contributed by atoms with Gasteiger partial charge in [0, 0.05) is 53.5 Å². The van der Waals surface area contributed by atoms with Gasteiger partial charge in [-0.3, -0.25) is 19.2 Å². The summed E-state index contributed by atoms with van der Waals surface area (Å²) in [6.45, 7) is 0.679. The number of hydrogen-bond donors (Lipinski definition) is 8. The van der Waals surface area contributed by atoms with Crippen molar-refractivity contribution in [2.24, 2.45) is 0 Å². The van der Waals surface area contributed by atoms with E-state index in [4.69, 9.17) is 0 Å². The Labute approximate surface area is 258 Å². The number of hydrogen-bond acceptors (Lipinski definition) is 6. The SMILES string of the molecule is O=C(O)CCC(NC(=O)C(Cc1c[nH]c2ccccc12)NC(=O)C1CCCN1)C(=O)NC(Cc1c[nH]c2ccccc12)C(=O)O. The molecular formula is C32H36N6O7. The van der Waals surface area contributed by atoms with E-state index in [0.29, 0.717) is 18.5 Å². The van der Waals surface area contributed by atoms with Crippen LogP contribution in [0.5, 0.6) is 0 Å². The van der Waals surface area contributed by atoms with Crippen LogP contribution in [0, 0.1) is 0 Å². The van der Waals surface area contributed by atoms with Crippen LogP contribution in [0.15, 0.2) is 60.9 Å². The minimum atomic E-state index is -1.37. The van der Waals surface area contributed by atoms with Gasteiger partial charge in [0.05, 0.1) is 6.04 Å². The second kappa shape index (κ2) is 14.1. The van der Waals surface area contributed by atoms with E-state index < -0.39 is 54.3 Å². The first-order valence-electron chi connectivity index (χ1n) is 14.9. The molecule has 0 bridgehead atoms. The van der Waals surface area contributed by atoms with Gasteiger partial charge in [-0.25, -0.2) is 4.79 Å². The summed E-state index contributed by atoms with van der Waals surface area (Å²) in [5, 5.41) is 31.9. The van der Waals surface area contributed by atoms with E-state index in [9.17, 15) is 34.2 Å². The number of para-hydroxylation sites is 2. The molecule has 4 aromatic rings. The van der Waals surface area contributed by atoms with E-state index in [-0.39, 0.29) is 25.2 Å². The Balaban J connectivity index is 1.34. The minimum absolute atomic E-state index is 0.0433. The van der Waals surface area contributed by atoms with Gasteiger partial charge in [-0.05, 0) is 49.1 Å². The number of carboxylic acids is 2. The first kappa shape index (κ1) is 31.3. The molecule has 3 amide bonds. The van der Waals surface area contributed by atoms with Gasteiger partial charge >= 0.3 is 11.9 Å². The molecule has 1 aliphatic heterocycles. The molecule has 13 heteroatoms. The molecule has 5 rings (SSSR count). The van der Waals surface area contributed by atoms with Crippen molar-refractivity contribution >= 4 is 51.5 Å². The van der Waals surface area contributed by atoms with Gasteiger partial charge in [-0.15, -0.1) is 0 Å². The number of carbonyl (C=O) groups excluding carboxylic acids is 3. The molecule has 4 atom stereocenters. The Morgan fingerprint density at radius 3 is 1.87 bits per heavy atom. The van der Waals surface area contributed by atoms with Crippen LogP contribution in [0.25, 0.3) is 21.8 Å². The number of benzene rings is 2. The molecule has 236 valence electrons. The number of rotatable bonds is 14. The number of amides is 3. The summed E-state index contributed by atoms with van der Waals surface area (Å²) in [4.78, 5) is 70.1. The quantitative estimate of drug-likeness (QED) is 0.104. The fraction of sp³-hybridized carbons (Fsp3) is 0.344. The van der Waals surface area contributed by atoms with Crippen LogP contribution >= 0.6 is 0 Å². The highest BCUT2D eigenvalue weighted by Gasteiger charge is 2.32. The van der Waals surface area contributed by atoms with Crippen LogP contribution in [-0.2, 0) is 36.8 Å². The van der Waals surface area contributed by atoms with Gasteiger partial charge in [0.1, 0.15) is 18.1 Å². The first-order chi connectivity index (χ1) is 21.7. The van der Waals surface area contributed by atoms with Crippen molar-refractivity contribution in [3.8, 4) is 0 Å². The van der Waals surface area contributed by atoms with E-state index in [2.05, 4.69) is 31.2 Å². The summed E-state index contributed by atoms with van der Waals surface area (Å²) < 4.78 is 0. The second-order valence-corrected chi connectivity index (χ2v) is 11.2. The second-order valence-electron chi connectivity index (χ2n) is 11.2. The minimum Gasteiger partial charge on any atom is -0.481 e. The van der Waals surface area contributed by atoms with Crippen LogP contribution < -0.4 is 21.3 Å².